The summed E-state index contributed by atoms with van der Waals surface area (Å²) in [6, 6.07) is 15.7. The third kappa shape index (κ3) is 2.55. The van der Waals surface area contributed by atoms with Gasteiger partial charge in [0.05, 0.1) is 17.1 Å². The molecule has 1 aromatic heterocycles. The van der Waals surface area contributed by atoms with Crippen molar-refractivity contribution in [2.75, 3.05) is 13.1 Å². The Balaban J connectivity index is 1.39. The first-order valence-corrected chi connectivity index (χ1v) is 12.2. The Bertz CT molecular complexity index is 1400. The van der Waals surface area contributed by atoms with E-state index in [1.807, 2.05) is 12.1 Å². The predicted molar refractivity (Wildman–Crippen MR) is 127 cm³/mol. The SMILES string of the molecule is CC[C@@]12C=C(C(=O)OC3OC(=O)c4ccccc43)n3c4c(c5ccccc53)CCN(CCC1)[C@H]42. The van der Waals surface area contributed by atoms with Gasteiger partial charge in [0.25, 0.3) is 6.29 Å². The number of aromatic nitrogens is 1. The largest absolute Gasteiger partial charge is 0.417 e. The van der Waals surface area contributed by atoms with Crippen molar-refractivity contribution in [3.8, 4) is 0 Å². The number of hydrogen-bond acceptors (Lipinski definition) is 5. The molecule has 7 rings (SSSR count). The van der Waals surface area contributed by atoms with E-state index < -0.39 is 18.2 Å². The maximum Gasteiger partial charge on any atom is 0.358 e. The zero-order valence-corrected chi connectivity index (χ0v) is 19.1. The van der Waals surface area contributed by atoms with Crippen LogP contribution in [0.2, 0.25) is 0 Å². The lowest BCUT2D eigenvalue weighted by atomic mass is 9.66. The third-order valence-corrected chi connectivity index (χ3v) is 8.32. The Morgan fingerprint density at radius 2 is 1.97 bits per heavy atom. The summed E-state index contributed by atoms with van der Waals surface area (Å²) in [4.78, 5) is 28.7. The van der Waals surface area contributed by atoms with E-state index in [9.17, 15) is 9.59 Å². The van der Waals surface area contributed by atoms with Crippen LogP contribution in [0.4, 0.5) is 0 Å². The smallest absolute Gasteiger partial charge is 0.358 e. The van der Waals surface area contributed by atoms with E-state index in [-0.39, 0.29) is 11.5 Å². The minimum Gasteiger partial charge on any atom is -0.417 e. The van der Waals surface area contributed by atoms with Gasteiger partial charge in [0.15, 0.2) is 0 Å². The van der Waals surface area contributed by atoms with E-state index in [2.05, 4.69) is 40.7 Å². The van der Waals surface area contributed by atoms with Crippen molar-refractivity contribution in [2.24, 2.45) is 5.41 Å². The zero-order chi connectivity index (χ0) is 23.0. The van der Waals surface area contributed by atoms with Gasteiger partial charge >= 0.3 is 11.9 Å². The monoisotopic (exact) mass is 454 g/mol. The lowest BCUT2D eigenvalue weighted by Gasteiger charge is -2.53. The molecule has 0 amide bonds. The number of cyclic esters (lactones) is 1. The first-order chi connectivity index (χ1) is 16.6. The van der Waals surface area contributed by atoms with Crippen molar-refractivity contribution in [3.63, 3.8) is 0 Å². The van der Waals surface area contributed by atoms with Gasteiger partial charge in [0.1, 0.15) is 5.70 Å². The number of fused-ring (bicyclic) bond motifs is 4. The number of nitrogens with zero attached hydrogens (tertiary/aromatic N) is 2. The number of carbonyl (C=O) groups excluding carboxylic acids is 2. The molecule has 1 saturated heterocycles. The molecule has 0 N–H and O–H groups in total. The number of carbonyl (C=O) groups is 2. The third-order valence-electron chi connectivity index (χ3n) is 8.32. The summed E-state index contributed by atoms with van der Waals surface area (Å²) in [6.45, 7) is 4.37. The molecular formula is C28H26N2O4. The highest BCUT2D eigenvalue weighted by atomic mass is 16.7. The highest BCUT2D eigenvalue weighted by molar-refractivity contribution is 6.13. The molecule has 3 atom stereocenters. The molecule has 0 saturated carbocycles. The van der Waals surface area contributed by atoms with Crippen LogP contribution in [0.25, 0.3) is 16.6 Å². The van der Waals surface area contributed by atoms with Gasteiger partial charge in [-0.05, 0) is 56.0 Å². The molecule has 2 aromatic carbocycles. The molecule has 4 aliphatic heterocycles. The molecule has 6 nitrogen and oxygen atoms in total. The zero-order valence-electron chi connectivity index (χ0n) is 19.1. The molecule has 172 valence electrons. The molecule has 1 fully saturated rings. The fraction of sp³-hybridized carbons (Fsp3) is 0.357. The lowest BCUT2D eigenvalue weighted by Crippen LogP contribution is -2.51. The van der Waals surface area contributed by atoms with Crippen LogP contribution < -0.4 is 0 Å². The first kappa shape index (κ1) is 20.0. The molecule has 5 heterocycles. The van der Waals surface area contributed by atoms with E-state index >= 15 is 0 Å². The summed E-state index contributed by atoms with van der Waals surface area (Å²) in [5.41, 5.74) is 5.12. The van der Waals surface area contributed by atoms with Crippen LogP contribution in [0, 0.1) is 5.41 Å². The van der Waals surface area contributed by atoms with Gasteiger partial charge in [-0.15, -0.1) is 0 Å². The topological polar surface area (TPSA) is 60.8 Å². The predicted octanol–water partition coefficient (Wildman–Crippen LogP) is 5.00. The number of esters is 2. The second kappa shape index (κ2) is 7.06. The van der Waals surface area contributed by atoms with Gasteiger partial charge < -0.3 is 14.0 Å². The van der Waals surface area contributed by atoms with Gasteiger partial charge in [-0.3, -0.25) is 4.90 Å². The van der Waals surface area contributed by atoms with E-state index in [1.165, 1.54) is 16.6 Å². The lowest BCUT2D eigenvalue weighted by molar-refractivity contribution is -0.161. The maximum atomic E-state index is 13.8. The van der Waals surface area contributed by atoms with Crippen molar-refractivity contribution in [1.82, 2.24) is 9.47 Å². The Morgan fingerprint density at radius 1 is 1.15 bits per heavy atom. The average molecular weight is 455 g/mol. The van der Waals surface area contributed by atoms with E-state index in [0.29, 0.717) is 16.8 Å². The van der Waals surface area contributed by atoms with Crippen molar-refractivity contribution < 1.29 is 19.1 Å². The Kier molecular flexibility index (Phi) is 4.16. The molecule has 0 radical (unpaired) electrons. The summed E-state index contributed by atoms with van der Waals surface area (Å²) in [5.74, 6) is -0.908. The highest BCUT2D eigenvalue weighted by Gasteiger charge is 2.51. The average Bonchev–Trinajstić information content (AvgIpc) is 3.38. The minimum atomic E-state index is -1.02. The van der Waals surface area contributed by atoms with E-state index in [0.717, 1.165) is 44.3 Å². The second-order valence-electron chi connectivity index (χ2n) is 9.85. The summed E-state index contributed by atoms with van der Waals surface area (Å²) in [7, 11) is 0. The summed E-state index contributed by atoms with van der Waals surface area (Å²) in [6.07, 6.45) is 5.25. The molecule has 0 spiro atoms. The van der Waals surface area contributed by atoms with Gasteiger partial charge in [-0.25, -0.2) is 9.59 Å². The molecular weight excluding hydrogens is 428 g/mol. The minimum absolute atomic E-state index is 0.115. The van der Waals surface area contributed by atoms with Crippen molar-refractivity contribution in [1.29, 1.82) is 0 Å². The summed E-state index contributed by atoms with van der Waals surface area (Å²) < 4.78 is 13.5. The molecule has 34 heavy (non-hydrogen) atoms. The van der Waals surface area contributed by atoms with Crippen LogP contribution in [0.3, 0.4) is 0 Å². The van der Waals surface area contributed by atoms with Crippen LogP contribution in [-0.4, -0.2) is 34.5 Å². The normalized spacial score (nSPS) is 27.1. The van der Waals surface area contributed by atoms with E-state index in [4.69, 9.17) is 9.47 Å². The maximum absolute atomic E-state index is 13.8. The van der Waals surface area contributed by atoms with Gasteiger partial charge in [0, 0.05) is 28.6 Å². The van der Waals surface area contributed by atoms with Crippen LogP contribution in [0.5, 0.6) is 0 Å². The number of benzene rings is 2. The molecule has 0 bridgehead atoms. The van der Waals surface area contributed by atoms with Crippen LogP contribution in [-0.2, 0) is 20.7 Å². The summed E-state index contributed by atoms with van der Waals surface area (Å²) in [5, 5.41) is 1.21. The number of rotatable bonds is 3. The fourth-order valence-corrected chi connectivity index (χ4v) is 6.79. The standard InChI is InChI=1S/C28H26N2O4/c1-2-28-13-7-14-29-15-12-18-17-8-5-6-11-21(17)30(23(18)24(28)29)22(16-28)26(32)34-27-20-10-4-3-9-19(20)25(31)33-27/h3-6,8-11,16,24,27H,2,7,12-15H2,1H3/t24-,27?,28+/m1/s1. The van der Waals surface area contributed by atoms with Crippen LogP contribution in [0.15, 0.2) is 54.6 Å². The second-order valence-corrected chi connectivity index (χ2v) is 9.85. The highest BCUT2D eigenvalue weighted by Crippen LogP contribution is 2.57. The van der Waals surface area contributed by atoms with Crippen LogP contribution >= 0.6 is 0 Å². The van der Waals surface area contributed by atoms with Crippen LogP contribution in [0.1, 0.15) is 65.7 Å². The Morgan fingerprint density at radius 3 is 2.85 bits per heavy atom. The first-order valence-electron chi connectivity index (χ1n) is 12.2. The quantitative estimate of drug-likeness (QED) is 0.522. The van der Waals surface area contributed by atoms with Gasteiger partial charge in [0.2, 0.25) is 0 Å². The fourth-order valence-electron chi connectivity index (χ4n) is 6.79. The van der Waals surface area contributed by atoms with Crippen molar-refractivity contribution >= 4 is 28.5 Å². The molecule has 1 unspecified atom stereocenters. The van der Waals surface area contributed by atoms with Crippen molar-refractivity contribution in [2.45, 2.75) is 44.9 Å². The Hall–Kier alpha value is -3.38. The molecule has 6 heteroatoms. The molecule has 3 aromatic rings. The Labute approximate surface area is 197 Å². The molecule has 4 aliphatic rings. The number of para-hydroxylation sites is 1. The number of ether oxygens (including phenoxy) is 2. The number of hydrogen-bond donors (Lipinski definition) is 0. The molecule has 0 aliphatic carbocycles. The summed E-state index contributed by atoms with van der Waals surface area (Å²) >= 11 is 0. The number of piperidine rings is 1. The van der Waals surface area contributed by atoms with Gasteiger partial charge in [-0.1, -0.05) is 43.3 Å². The van der Waals surface area contributed by atoms with Gasteiger partial charge in [-0.2, -0.15) is 0 Å². The van der Waals surface area contributed by atoms with E-state index in [1.54, 1.807) is 18.2 Å². The van der Waals surface area contributed by atoms with Crippen molar-refractivity contribution in [3.05, 3.63) is 77.0 Å².